The van der Waals surface area contributed by atoms with Gasteiger partial charge in [0.2, 0.25) is 0 Å². The van der Waals surface area contributed by atoms with Crippen molar-refractivity contribution >= 4 is 32.9 Å². The Morgan fingerprint density at radius 2 is 1.93 bits per heavy atom. The van der Waals surface area contributed by atoms with Gasteiger partial charge in [0, 0.05) is 40.9 Å². The summed E-state index contributed by atoms with van der Waals surface area (Å²) in [7, 11) is 0. The monoisotopic (exact) mass is 449 g/mol. The van der Waals surface area contributed by atoms with Crippen LogP contribution in [0.5, 0.6) is 0 Å². The number of halogens is 1. The smallest absolute Gasteiger partial charge is 0.271 e. The van der Waals surface area contributed by atoms with Crippen LogP contribution in [-0.2, 0) is 0 Å². The Bertz CT molecular complexity index is 1160. The van der Waals surface area contributed by atoms with Crippen LogP contribution in [0.4, 0.5) is 0 Å². The van der Waals surface area contributed by atoms with E-state index in [0.717, 1.165) is 47.3 Å². The van der Waals surface area contributed by atoms with E-state index in [0.29, 0.717) is 11.6 Å². The van der Waals surface area contributed by atoms with Gasteiger partial charge in [-0.2, -0.15) is 5.10 Å². The summed E-state index contributed by atoms with van der Waals surface area (Å²) in [4.78, 5) is 22.5. The number of pyridine rings is 1. The van der Waals surface area contributed by atoms with Crippen molar-refractivity contribution in [2.24, 2.45) is 0 Å². The van der Waals surface area contributed by atoms with E-state index in [1.807, 2.05) is 41.3 Å². The third kappa shape index (κ3) is 3.46. The minimum Gasteiger partial charge on any atom is -0.346 e. The summed E-state index contributed by atoms with van der Waals surface area (Å²) in [6.07, 6.45) is 5.76. The van der Waals surface area contributed by atoms with E-state index in [1.165, 1.54) is 10.9 Å². The van der Waals surface area contributed by atoms with E-state index in [1.54, 1.807) is 6.20 Å². The number of carbonyl (C=O) groups excluding carboxylic acids is 1. The third-order valence-electron chi connectivity index (χ3n) is 5.65. The van der Waals surface area contributed by atoms with Crippen LogP contribution in [0.3, 0.4) is 0 Å². The number of amides is 1. The molecule has 2 N–H and O–H groups in total. The Morgan fingerprint density at radius 3 is 2.72 bits per heavy atom. The lowest BCUT2D eigenvalue weighted by Crippen LogP contribution is -2.38. The highest BCUT2D eigenvalue weighted by molar-refractivity contribution is 9.10. The van der Waals surface area contributed by atoms with E-state index in [4.69, 9.17) is 0 Å². The van der Waals surface area contributed by atoms with Crippen molar-refractivity contribution in [1.82, 2.24) is 25.1 Å². The summed E-state index contributed by atoms with van der Waals surface area (Å²) < 4.78 is 1.02. The van der Waals surface area contributed by atoms with Crippen molar-refractivity contribution in [3.05, 3.63) is 70.6 Å². The summed E-state index contributed by atoms with van der Waals surface area (Å²) in [5.74, 6) is 0.456. The zero-order chi connectivity index (χ0) is 19.8. The zero-order valence-corrected chi connectivity index (χ0v) is 17.3. The number of benzene rings is 1. The highest BCUT2D eigenvalue weighted by Gasteiger charge is 2.27. The number of aromatic amines is 2. The summed E-state index contributed by atoms with van der Waals surface area (Å²) in [5, 5.41) is 8.42. The number of aromatic nitrogens is 4. The number of likely N-dealkylation sites (tertiary alicyclic amines) is 1. The van der Waals surface area contributed by atoms with Crippen LogP contribution in [0, 0.1) is 0 Å². The zero-order valence-electron chi connectivity index (χ0n) is 15.7. The Labute approximate surface area is 176 Å². The normalized spacial score (nSPS) is 15.1. The molecule has 5 rings (SSSR count). The first kappa shape index (κ1) is 18.1. The maximum atomic E-state index is 12.9. The van der Waals surface area contributed by atoms with Crippen molar-refractivity contribution in [1.29, 1.82) is 0 Å². The molecule has 1 aromatic carbocycles. The molecular formula is C22H20BrN5O. The van der Waals surface area contributed by atoms with Crippen LogP contribution in [0.1, 0.15) is 34.8 Å². The van der Waals surface area contributed by atoms with Gasteiger partial charge in [0.15, 0.2) is 0 Å². The molecule has 0 spiro atoms. The Morgan fingerprint density at radius 1 is 1.14 bits per heavy atom. The van der Waals surface area contributed by atoms with Gasteiger partial charge in [-0.05, 0) is 54.7 Å². The fraction of sp³-hybridized carbons (Fsp3) is 0.227. The van der Waals surface area contributed by atoms with Crippen molar-refractivity contribution in [3.8, 4) is 11.3 Å². The molecule has 1 saturated heterocycles. The van der Waals surface area contributed by atoms with Gasteiger partial charge >= 0.3 is 0 Å². The highest BCUT2D eigenvalue weighted by Crippen LogP contribution is 2.33. The van der Waals surface area contributed by atoms with Gasteiger partial charge in [0.1, 0.15) is 11.3 Å². The molecule has 1 aliphatic rings. The van der Waals surface area contributed by atoms with E-state index in [2.05, 4.69) is 48.4 Å². The molecule has 0 radical (unpaired) electrons. The first-order valence-corrected chi connectivity index (χ1v) is 10.5. The molecule has 4 heterocycles. The minimum atomic E-state index is 0.0138. The topological polar surface area (TPSA) is 77.7 Å². The second-order valence-electron chi connectivity index (χ2n) is 7.38. The first-order valence-electron chi connectivity index (χ1n) is 9.71. The van der Waals surface area contributed by atoms with Gasteiger partial charge < -0.3 is 9.88 Å². The molecule has 0 bridgehead atoms. The molecule has 29 heavy (non-hydrogen) atoms. The van der Waals surface area contributed by atoms with Crippen LogP contribution in [0.15, 0.2) is 59.3 Å². The predicted octanol–water partition coefficient (Wildman–Crippen LogP) is 4.74. The fourth-order valence-corrected chi connectivity index (χ4v) is 4.34. The SMILES string of the molecule is O=C(c1cc(-c2ccc(Br)cc2)n[nH]1)N1CCC(c2c[nH]c3ncccc23)CC1. The van der Waals surface area contributed by atoms with Crippen molar-refractivity contribution < 1.29 is 4.79 Å². The molecule has 7 heteroatoms. The van der Waals surface area contributed by atoms with Crippen LogP contribution in [0.25, 0.3) is 22.3 Å². The number of rotatable bonds is 3. The van der Waals surface area contributed by atoms with Gasteiger partial charge in [-0.3, -0.25) is 9.89 Å². The van der Waals surface area contributed by atoms with E-state index in [9.17, 15) is 4.79 Å². The van der Waals surface area contributed by atoms with Crippen molar-refractivity contribution in [2.75, 3.05) is 13.1 Å². The Hall–Kier alpha value is -2.93. The van der Waals surface area contributed by atoms with Crippen molar-refractivity contribution in [2.45, 2.75) is 18.8 Å². The number of carbonyl (C=O) groups is 1. The number of hydrogen-bond donors (Lipinski definition) is 2. The van der Waals surface area contributed by atoms with Crippen LogP contribution in [0.2, 0.25) is 0 Å². The molecule has 1 amide bonds. The number of hydrogen-bond acceptors (Lipinski definition) is 3. The first-order chi connectivity index (χ1) is 14.2. The molecule has 0 saturated carbocycles. The second kappa shape index (κ2) is 7.48. The molecule has 0 atom stereocenters. The quantitative estimate of drug-likeness (QED) is 0.474. The molecule has 146 valence electrons. The van der Waals surface area contributed by atoms with Crippen LogP contribution < -0.4 is 0 Å². The second-order valence-corrected chi connectivity index (χ2v) is 8.30. The van der Waals surface area contributed by atoms with Gasteiger partial charge in [-0.1, -0.05) is 28.1 Å². The van der Waals surface area contributed by atoms with Crippen molar-refractivity contribution in [3.63, 3.8) is 0 Å². The molecule has 4 aromatic rings. The van der Waals surface area contributed by atoms with Gasteiger partial charge in [0.25, 0.3) is 5.91 Å². The number of piperidine rings is 1. The Balaban J connectivity index is 1.27. The molecule has 6 nitrogen and oxygen atoms in total. The molecule has 3 aromatic heterocycles. The lowest BCUT2D eigenvalue weighted by atomic mass is 9.89. The number of fused-ring (bicyclic) bond motifs is 1. The summed E-state index contributed by atoms with van der Waals surface area (Å²) >= 11 is 3.44. The molecular weight excluding hydrogens is 430 g/mol. The molecule has 0 unspecified atom stereocenters. The molecule has 1 fully saturated rings. The van der Waals surface area contributed by atoms with Gasteiger partial charge in [0.05, 0.1) is 5.69 Å². The predicted molar refractivity (Wildman–Crippen MR) is 116 cm³/mol. The number of nitrogens with zero attached hydrogens (tertiary/aromatic N) is 3. The standard InChI is InChI=1S/C22H20BrN5O/c23-16-5-3-15(4-6-16)19-12-20(27-26-19)22(29)28-10-7-14(8-11-28)18-13-25-21-17(18)2-1-9-24-21/h1-6,9,12-14H,7-8,10-11H2,(H,24,25)(H,26,27). The average Bonchev–Trinajstić information content (AvgIpc) is 3.42. The van der Waals surface area contributed by atoms with Gasteiger partial charge in [-0.25, -0.2) is 4.98 Å². The van der Waals surface area contributed by atoms with E-state index >= 15 is 0 Å². The van der Waals surface area contributed by atoms with Gasteiger partial charge in [-0.15, -0.1) is 0 Å². The van der Waals surface area contributed by atoms with Crippen LogP contribution in [-0.4, -0.2) is 44.1 Å². The molecule has 0 aliphatic carbocycles. The summed E-state index contributed by atoms with van der Waals surface area (Å²) in [6, 6.07) is 13.8. The van der Waals surface area contributed by atoms with E-state index in [-0.39, 0.29) is 5.91 Å². The lowest BCUT2D eigenvalue weighted by Gasteiger charge is -2.31. The average molecular weight is 450 g/mol. The lowest BCUT2D eigenvalue weighted by molar-refractivity contribution is 0.0707. The summed E-state index contributed by atoms with van der Waals surface area (Å²) in [6.45, 7) is 1.48. The summed E-state index contributed by atoms with van der Waals surface area (Å²) in [5.41, 5.74) is 4.54. The fourth-order valence-electron chi connectivity index (χ4n) is 4.08. The molecule has 1 aliphatic heterocycles. The van der Waals surface area contributed by atoms with Crippen LogP contribution >= 0.6 is 15.9 Å². The maximum absolute atomic E-state index is 12.9. The minimum absolute atomic E-state index is 0.0138. The third-order valence-corrected chi connectivity index (χ3v) is 6.18. The largest absolute Gasteiger partial charge is 0.346 e. The Kier molecular flexibility index (Phi) is 4.67. The highest BCUT2D eigenvalue weighted by atomic mass is 79.9. The maximum Gasteiger partial charge on any atom is 0.271 e. The number of H-pyrrole nitrogens is 2. The van der Waals surface area contributed by atoms with E-state index < -0.39 is 0 Å². The number of nitrogens with one attached hydrogen (secondary N) is 2.